The van der Waals surface area contributed by atoms with Gasteiger partial charge in [0.1, 0.15) is 18.1 Å². The van der Waals surface area contributed by atoms with Crippen molar-refractivity contribution in [2.75, 3.05) is 13.3 Å². The molecule has 0 bridgehead atoms. The summed E-state index contributed by atoms with van der Waals surface area (Å²) in [5, 5.41) is 9.43. The van der Waals surface area contributed by atoms with Gasteiger partial charge in [0.25, 0.3) is 0 Å². The van der Waals surface area contributed by atoms with Gasteiger partial charge in [0.15, 0.2) is 11.5 Å². The Morgan fingerprint density at radius 1 is 1.07 bits per heavy atom. The summed E-state index contributed by atoms with van der Waals surface area (Å²) < 4.78 is 11.7. The number of rotatable bonds is 4. The number of hydrogen-bond acceptors (Lipinski definition) is 6. The number of carbonyl (C=O) groups excluding carboxylic acids is 2. The average Bonchev–Trinajstić information content (AvgIpc) is 3.12. The van der Waals surface area contributed by atoms with Crippen molar-refractivity contribution in [3.05, 3.63) is 64.4 Å². The summed E-state index contributed by atoms with van der Waals surface area (Å²) in [6.07, 6.45) is 0.592. The first-order valence-corrected chi connectivity index (χ1v) is 9.38. The topological polar surface area (TPSA) is 97.0 Å². The molecule has 2 heterocycles. The van der Waals surface area contributed by atoms with Crippen LogP contribution in [-0.2, 0) is 11.3 Å². The maximum atomic E-state index is 13.1. The van der Waals surface area contributed by atoms with Crippen molar-refractivity contribution in [2.24, 2.45) is 0 Å². The summed E-state index contributed by atoms with van der Waals surface area (Å²) in [7, 11) is 0. The van der Waals surface area contributed by atoms with E-state index in [1.54, 1.807) is 36.4 Å². The monoisotopic (exact) mass is 391 g/mol. The van der Waals surface area contributed by atoms with E-state index < -0.39 is 5.97 Å². The molecular weight excluding hydrogens is 374 g/mol. The van der Waals surface area contributed by atoms with Gasteiger partial charge in [-0.3, -0.25) is 19.3 Å². The Balaban J connectivity index is 1.56. The van der Waals surface area contributed by atoms with E-state index >= 15 is 0 Å². The highest BCUT2D eigenvalue weighted by Crippen LogP contribution is 2.40. The van der Waals surface area contributed by atoms with Gasteiger partial charge in [0.05, 0.1) is 11.1 Å². The summed E-state index contributed by atoms with van der Waals surface area (Å²) in [6.45, 7) is 1.40. The van der Waals surface area contributed by atoms with Gasteiger partial charge >= 0.3 is 5.97 Å². The molecule has 7 heteroatoms. The van der Waals surface area contributed by atoms with Gasteiger partial charge in [-0.2, -0.15) is 0 Å². The van der Waals surface area contributed by atoms with E-state index in [1.807, 2.05) is 4.90 Å². The predicted molar refractivity (Wildman–Crippen MR) is 102 cm³/mol. The predicted octanol–water partition coefficient (Wildman–Crippen LogP) is 3.22. The van der Waals surface area contributed by atoms with Crippen LogP contribution in [0.1, 0.15) is 50.4 Å². The molecule has 1 aliphatic heterocycles. The minimum absolute atomic E-state index is 0.0695. The lowest BCUT2D eigenvalue weighted by atomic mass is 9.87. The van der Waals surface area contributed by atoms with Crippen LogP contribution in [0.5, 0.6) is 5.75 Å². The number of carbonyl (C=O) groups is 3. The summed E-state index contributed by atoms with van der Waals surface area (Å²) >= 11 is 0. The third-order valence-corrected chi connectivity index (χ3v) is 5.42. The van der Waals surface area contributed by atoms with E-state index in [2.05, 4.69) is 0 Å². The molecule has 7 nitrogen and oxygen atoms in total. The van der Waals surface area contributed by atoms with E-state index in [-0.39, 0.29) is 23.7 Å². The standard InChI is InChI=1S/C22H17NO6/c24-17(25)6-3-9-23-10-15-16(28-11-23)8-7-14-18-19(26)12-4-1-2-5-13(12)20(27)22(18)29-21(14)15/h1-2,4-5,7-8H,3,6,9-11H2,(H,24,25). The Labute approximate surface area is 165 Å². The number of hydrogen-bond donors (Lipinski definition) is 1. The lowest BCUT2D eigenvalue weighted by molar-refractivity contribution is -0.137. The molecule has 0 atom stereocenters. The summed E-state index contributed by atoms with van der Waals surface area (Å²) in [4.78, 5) is 38.7. The number of carboxylic acids is 1. The first kappa shape index (κ1) is 17.6. The number of furan rings is 1. The van der Waals surface area contributed by atoms with Crippen molar-refractivity contribution < 1.29 is 28.6 Å². The van der Waals surface area contributed by atoms with Crippen LogP contribution < -0.4 is 4.74 Å². The maximum Gasteiger partial charge on any atom is 0.303 e. The molecule has 5 rings (SSSR count). The molecular formula is C22H17NO6. The molecule has 0 spiro atoms. The van der Waals surface area contributed by atoms with Crippen LogP contribution in [-0.4, -0.2) is 40.8 Å². The van der Waals surface area contributed by atoms with Gasteiger partial charge in [0.2, 0.25) is 5.78 Å². The lowest BCUT2D eigenvalue weighted by Gasteiger charge is -2.28. The zero-order valence-corrected chi connectivity index (χ0v) is 15.4. The second-order valence-corrected chi connectivity index (χ2v) is 7.25. The Kier molecular flexibility index (Phi) is 3.99. The minimum atomic E-state index is -0.832. The molecule has 2 aliphatic rings. The second-order valence-electron chi connectivity index (χ2n) is 7.25. The SMILES string of the molecule is O=C(O)CCCN1COc2ccc3c4c(oc3c2C1)C(=O)c1ccccc1C4=O. The van der Waals surface area contributed by atoms with Gasteiger partial charge in [-0.1, -0.05) is 24.3 Å². The van der Waals surface area contributed by atoms with E-state index in [4.69, 9.17) is 14.3 Å². The molecule has 1 aliphatic carbocycles. The van der Waals surface area contributed by atoms with Crippen LogP contribution in [0.2, 0.25) is 0 Å². The fourth-order valence-corrected chi connectivity index (χ4v) is 4.03. The first-order chi connectivity index (χ1) is 14.0. The van der Waals surface area contributed by atoms with Crippen LogP contribution >= 0.6 is 0 Å². The summed E-state index contributed by atoms with van der Waals surface area (Å²) in [5.74, 6) is -0.629. The number of benzene rings is 2. The first-order valence-electron chi connectivity index (χ1n) is 9.38. The molecule has 1 aromatic heterocycles. The van der Waals surface area contributed by atoms with Crippen molar-refractivity contribution in [3.8, 4) is 5.75 Å². The molecule has 29 heavy (non-hydrogen) atoms. The van der Waals surface area contributed by atoms with Crippen LogP contribution in [0, 0.1) is 0 Å². The van der Waals surface area contributed by atoms with Crippen molar-refractivity contribution in [2.45, 2.75) is 19.4 Å². The number of nitrogens with zero attached hydrogens (tertiary/aromatic N) is 1. The van der Waals surface area contributed by atoms with Crippen LogP contribution in [0.3, 0.4) is 0 Å². The molecule has 146 valence electrons. The highest BCUT2D eigenvalue weighted by atomic mass is 16.5. The van der Waals surface area contributed by atoms with Crippen LogP contribution in [0.25, 0.3) is 11.0 Å². The zero-order valence-electron chi connectivity index (χ0n) is 15.4. The Morgan fingerprint density at radius 2 is 1.83 bits per heavy atom. The third kappa shape index (κ3) is 2.74. The fraction of sp³-hybridized carbons (Fsp3) is 0.227. The van der Waals surface area contributed by atoms with Gasteiger partial charge in [-0.05, 0) is 18.6 Å². The molecule has 1 N–H and O–H groups in total. The van der Waals surface area contributed by atoms with Gasteiger partial charge in [0, 0.05) is 36.0 Å². The lowest BCUT2D eigenvalue weighted by Crippen LogP contribution is -2.33. The number of aliphatic carboxylic acids is 1. The molecule has 0 radical (unpaired) electrons. The Morgan fingerprint density at radius 3 is 2.59 bits per heavy atom. The van der Waals surface area contributed by atoms with Crippen LogP contribution in [0.4, 0.5) is 0 Å². The quantitative estimate of drug-likeness (QED) is 0.570. The number of carboxylic acid groups (broad SMARTS) is 1. The van der Waals surface area contributed by atoms with E-state index in [0.29, 0.717) is 59.7 Å². The molecule has 0 saturated heterocycles. The Bertz CT molecular complexity index is 1190. The van der Waals surface area contributed by atoms with E-state index in [1.165, 1.54) is 0 Å². The van der Waals surface area contributed by atoms with Crippen LogP contribution in [0.15, 0.2) is 40.8 Å². The molecule has 0 amide bonds. The van der Waals surface area contributed by atoms with E-state index in [9.17, 15) is 14.4 Å². The van der Waals surface area contributed by atoms with Gasteiger partial charge in [-0.25, -0.2) is 0 Å². The van der Waals surface area contributed by atoms with Crippen molar-refractivity contribution in [1.29, 1.82) is 0 Å². The molecule has 0 fully saturated rings. The normalized spacial score (nSPS) is 15.6. The summed E-state index contributed by atoms with van der Waals surface area (Å²) in [6, 6.07) is 10.3. The van der Waals surface area contributed by atoms with Crippen molar-refractivity contribution in [3.63, 3.8) is 0 Å². The Hall–Kier alpha value is -3.45. The number of ether oxygens (including phenoxy) is 1. The van der Waals surface area contributed by atoms with Crippen molar-refractivity contribution >= 4 is 28.5 Å². The summed E-state index contributed by atoms with van der Waals surface area (Å²) in [5.41, 5.74) is 2.28. The maximum absolute atomic E-state index is 13.1. The smallest absolute Gasteiger partial charge is 0.303 e. The largest absolute Gasteiger partial charge is 0.481 e. The van der Waals surface area contributed by atoms with E-state index in [0.717, 1.165) is 5.56 Å². The zero-order chi connectivity index (χ0) is 20.1. The molecule has 2 aromatic carbocycles. The average molecular weight is 391 g/mol. The van der Waals surface area contributed by atoms with Gasteiger partial charge in [-0.15, -0.1) is 0 Å². The molecule has 0 unspecified atom stereocenters. The fourth-order valence-electron chi connectivity index (χ4n) is 4.03. The highest BCUT2D eigenvalue weighted by molar-refractivity contribution is 6.31. The van der Waals surface area contributed by atoms with Crippen molar-refractivity contribution in [1.82, 2.24) is 4.90 Å². The second kappa shape index (κ2) is 6.56. The highest BCUT2D eigenvalue weighted by Gasteiger charge is 2.36. The third-order valence-electron chi connectivity index (χ3n) is 5.42. The minimum Gasteiger partial charge on any atom is -0.481 e. The number of ketones is 2. The number of fused-ring (bicyclic) bond motifs is 6. The molecule has 3 aromatic rings. The van der Waals surface area contributed by atoms with Gasteiger partial charge < -0.3 is 14.3 Å². The molecule has 0 saturated carbocycles.